The van der Waals surface area contributed by atoms with Crippen LogP contribution in [0, 0.1) is 0 Å². The van der Waals surface area contributed by atoms with Crippen molar-refractivity contribution in [2.75, 3.05) is 0 Å². The van der Waals surface area contributed by atoms with Gasteiger partial charge in [-0.25, -0.2) is 0 Å². The summed E-state index contributed by atoms with van der Waals surface area (Å²) in [5.41, 5.74) is 2.97. The van der Waals surface area contributed by atoms with Crippen molar-refractivity contribution in [3.05, 3.63) is 23.3 Å². The Hall–Kier alpha value is -0.520. The average Bonchev–Trinajstić information content (AvgIpc) is 1.65. The zero-order valence-electron chi connectivity index (χ0n) is 4.86. The Morgan fingerprint density at radius 2 is 2.14 bits per heavy atom. The van der Waals surface area contributed by atoms with Gasteiger partial charge in [0, 0.05) is 0 Å². The predicted octanol–water partition coefficient (Wildman–Crippen LogP) is 2.28. The monoisotopic (exact) mass is 94.1 g/mol. The first-order chi connectivity index (χ1) is 3.34. The number of hydrogen-bond acceptors (Lipinski definition) is 0. The molecule has 0 fully saturated rings. The van der Waals surface area contributed by atoms with E-state index in [-0.39, 0.29) is 0 Å². The first kappa shape index (κ1) is 4.63. The second-order valence-electron chi connectivity index (χ2n) is 1.90. The van der Waals surface area contributed by atoms with Gasteiger partial charge < -0.3 is 0 Å². The summed E-state index contributed by atoms with van der Waals surface area (Å²) in [4.78, 5) is 0. The fourth-order valence-electron chi connectivity index (χ4n) is 0.765. The Morgan fingerprint density at radius 1 is 1.43 bits per heavy atom. The summed E-state index contributed by atoms with van der Waals surface area (Å²) in [6, 6.07) is 0. The molecule has 0 spiro atoms. The molecule has 1 aliphatic carbocycles. The van der Waals surface area contributed by atoms with Crippen LogP contribution in [0.1, 0.15) is 20.3 Å². The Labute approximate surface area is 44.5 Å². The van der Waals surface area contributed by atoms with Crippen LogP contribution in [0.5, 0.6) is 0 Å². The molecular weight excluding hydrogens is 84.1 g/mol. The molecule has 0 atom stereocenters. The first-order valence-electron chi connectivity index (χ1n) is 2.72. The Bertz CT molecular complexity index is 127. The van der Waals surface area contributed by atoms with E-state index in [1.807, 2.05) is 0 Å². The molecule has 0 bridgehead atoms. The lowest BCUT2D eigenvalue weighted by atomic mass is 9.98. The molecule has 0 nitrogen and oxygen atoms in total. The zero-order chi connectivity index (χ0) is 5.28. The SMILES string of the molecule is CCC1=C(C)C=C1. The van der Waals surface area contributed by atoms with E-state index in [1.54, 1.807) is 0 Å². The zero-order valence-corrected chi connectivity index (χ0v) is 4.86. The summed E-state index contributed by atoms with van der Waals surface area (Å²) in [5, 5.41) is 0. The van der Waals surface area contributed by atoms with E-state index in [9.17, 15) is 0 Å². The van der Waals surface area contributed by atoms with E-state index in [1.165, 1.54) is 17.6 Å². The molecule has 0 unspecified atom stereocenters. The summed E-state index contributed by atoms with van der Waals surface area (Å²) >= 11 is 0. The minimum atomic E-state index is 1.20. The van der Waals surface area contributed by atoms with Crippen molar-refractivity contribution < 1.29 is 0 Å². The third kappa shape index (κ3) is 0.604. The summed E-state index contributed by atoms with van der Waals surface area (Å²) < 4.78 is 0. The smallest absolute Gasteiger partial charge is 0.0305 e. The fraction of sp³-hybridized carbons (Fsp3) is 0.429. The van der Waals surface area contributed by atoms with Gasteiger partial charge in [-0.05, 0) is 24.5 Å². The van der Waals surface area contributed by atoms with E-state index in [0.29, 0.717) is 0 Å². The van der Waals surface area contributed by atoms with Crippen LogP contribution in [0.25, 0.3) is 0 Å². The van der Waals surface area contributed by atoms with E-state index in [2.05, 4.69) is 26.0 Å². The number of rotatable bonds is 1. The van der Waals surface area contributed by atoms with Crippen LogP contribution in [0.15, 0.2) is 23.3 Å². The van der Waals surface area contributed by atoms with Crippen LogP contribution in [0.4, 0.5) is 0 Å². The molecule has 1 rings (SSSR count). The molecule has 0 heteroatoms. The normalized spacial score (nSPS) is 17.4. The lowest BCUT2D eigenvalue weighted by Crippen LogP contribution is -1.88. The molecule has 0 saturated carbocycles. The van der Waals surface area contributed by atoms with Gasteiger partial charge in [0.05, 0.1) is 0 Å². The quantitative estimate of drug-likeness (QED) is 0.467. The van der Waals surface area contributed by atoms with Crippen LogP contribution in [-0.2, 0) is 0 Å². The fourth-order valence-corrected chi connectivity index (χ4v) is 0.765. The number of allylic oxidation sites excluding steroid dienone is 4. The van der Waals surface area contributed by atoms with Crippen LogP contribution in [0.2, 0.25) is 0 Å². The summed E-state index contributed by atoms with van der Waals surface area (Å²) in [6.45, 7) is 4.33. The van der Waals surface area contributed by atoms with Gasteiger partial charge in [0.2, 0.25) is 0 Å². The summed E-state index contributed by atoms with van der Waals surface area (Å²) in [7, 11) is 0. The standard InChI is InChI=1S/C7H10/c1-3-7-5-4-6(7)2/h4-5H,3H2,1-2H3. The van der Waals surface area contributed by atoms with Gasteiger partial charge in [0.15, 0.2) is 0 Å². The minimum Gasteiger partial charge on any atom is -0.0613 e. The first-order valence-corrected chi connectivity index (χ1v) is 2.72. The van der Waals surface area contributed by atoms with Gasteiger partial charge in [-0.1, -0.05) is 19.1 Å². The van der Waals surface area contributed by atoms with E-state index in [0.717, 1.165) is 0 Å². The maximum atomic E-state index is 2.18. The topological polar surface area (TPSA) is 0 Å². The predicted molar refractivity (Wildman–Crippen MR) is 32.1 cm³/mol. The van der Waals surface area contributed by atoms with Gasteiger partial charge in [-0.3, -0.25) is 0 Å². The third-order valence-corrected chi connectivity index (χ3v) is 1.42. The van der Waals surface area contributed by atoms with E-state index >= 15 is 0 Å². The lowest BCUT2D eigenvalue weighted by Gasteiger charge is -2.08. The minimum absolute atomic E-state index is 1.20. The van der Waals surface area contributed by atoms with Crippen LogP contribution >= 0.6 is 0 Å². The maximum Gasteiger partial charge on any atom is -0.0305 e. The van der Waals surface area contributed by atoms with Crippen molar-refractivity contribution in [3.8, 4) is 0 Å². The highest BCUT2D eigenvalue weighted by Crippen LogP contribution is 2.19. The molecule has 0 heterocycles. The van der Waals surface area contributed by atoms with Gasteiger partial charge in [0.1, 0.15) is 0 Å². The van der Waals surface area contributed by atoms with Crippen LogP contribution in [-0.4, -0.2) is 0 Å². The molecule has 7 heavy (non-hydrogen) atoms. The Morgan fingerprint density at radius 3 is 2.14 bits per heavy atom. The molecule has 0 aromatic carbocycles. The highest BCUT2D eigenvalue weighted by molar-refractivity contribution is 5.42. The number of hydrogen-bond donors (Lipinski definition) is 0. The highest BCUT2D eigenvalue weighted by Gasteiger charge is 1.99. The molecule has 38 valence electrons. The molecule has 1 aliphatic rings. The molecule has 0 N–H and O–H groups in total. The summed E-state index contributed by atoms with van der Waals surface area (Å²) in [6.07, 6.45) is 5.52. The molecular formula is C7H10. The largest absolute Gasteiger partial charge is 0.0613 e. The Balaban J connectivity index is 2.56. The van der Waals surface area contributed by atoms with Crippen molar-refractivity contribution in [1.82, 2.24) is 0 Å². The molecule has 0 aliphatic heterocycles. The molecule has 0 saturated heterocycles. The second kappa shape index (κ2) is 1.53. The maximum absolute atomic E-state index is 2.18. The van der Waals surface area contributed by atoms with Crippen molar-refractivity contribution >= 4 is 0 Å². The van der Waals surface area contributed by atoms with Gasteiger partial charge in [-0.2, -0.15) is 0 Å². The van der Waals surface area contributed by atoms with Crippen LogP contribution in [0.3, 0.4) is 0 Å². The second-order valence-corrected chi connectivity index (χ2v) is 1.90. The lowest BCUT2D eigenvalue weighted by molar-refractivity contribution is 1.09. The molecule has 0 amide bonds. The van der Waals surface area contributed by atoms with Crippen molar-refractivity contribution in [2.45, 2.75) is 20.3 Å². The Kier molecular flexibility index (Phi) is 1.01. The van der Waals surface area contributed by atoms with Crippen LogP contribution < -0.4 is 0 Å². The molecule has 0 radical (unpaired) electrons. The summed E-state index contributed by atoms with van der Waals surface area (Å²) in [5.74, 6) is 0. The average molecular weight is 94.2 g/mol. The van der Waals surface area contributed by atoms with Crippen molar-refractivity contribution in [1.29, 1.82) is 0 Å². The highest BCUT2D eigenvalue weighted by atomic mass is 14.0. The van der Waals surface area contributed by atoms with E-state index in [4.69, 9.17) is 0 Å². The van der Waals surface area contributed by atoms with Crippen molar-refractivity contribution in [2.24, 2.45) is 0 Å². The van der Waals surface area contributed by atoms with Gasteiger partial charge in [-0.15, -0.1) is 0 Å². The van der Waals surface area contributed by atoms with Crippen molar-refractivity contribution in [3.63, 3.8) is 0 Å². The third-order valence-electron chi connectivity index (χ3n) is 1.42. The van der Waals surface area contributed by atoms with E-state index < -0.39 is 0 Å². The molecule has 0 aromatic rings. The molecule has 0 aromatic heterocycles. The van der Waals surface area contributed by atoms with Gasteiger partial charge in [0.25, 0.3) is 0 Å². The van der Waals surface area contributed by atoms with Gasteiger partial charge >= 0.3 is 0 Å².